The number of carboxylic acids is 1. The Morgan fingerprint density at radius 3 is 2.15 bits per heavy atom. The Kier molecular flexibility index (Phi) is 12.7. The molecule has 0 bridgehead atoms. The normalized spacial score (nSPS) is 14.6. The van der Waals surface area contributed by atoms with E-state index in [1.54, 1.807) is 0 Å². The van der Waals surface area contributed by atoms with Crippen LogP contribution in [0, 0.1) is 11.8 Å². The van der Waals surface area contributed by atoms with Gasteiger partial charge in [0.05, 0.1) is 5.92 Å². The van der Waals surface area contributed by atoms with E-state index in [4.69, 9.17) is 0 Å². The molecule has 0 fully saturated rings. The van der Waals surface area contributed by atoms with Crippen LogP contribution in [-0.4, -0.2) is 11.1 Å². The molecule has 0 rings (SSSR count). The van der Waals surface area contributed by atoms with Gasteiger partial charge in [0.2, 0.25) is 0 Å². The smallest absolute Gasteiger partial charge is 0.306 e. The van der Waals surface area contributed by atoms with Gasteiger partial charge in [0.1, 0.15) is 0 Å². The maximum Gasteiger partial charge on any atom is 0.306 e. The molecule has 0 amide bonds. The third-order valence-corrected chi connectivity index (χ3v) is 4.17. The van der Waals surface area contributed by atoms with E-state index in [0.717, 1.165) is 19.3 Å². The van der Waals surface area contributed by atoms with Gasteiger partial charge in [-0.2, -0.15) is 0 Å². The topological polar surface area (TPSA) is 37.3 Å². The summed E-state index contributed by atoms with van der Waals surface area (Å²) < 4.78 is 0. The molecule has 2 nitrogen and oxygen atoms in total. The van der Waals surface area contributed by atoms with E-state index in [-0.39, 0.29) is 5.92 Å². The number of allylic oxidation sites excluding steroid dienone is 2. The Morgan fingerprint density at radius 1 is 1.00 bits per heavy atom. The second-order valence-electron chi connectivity index (χ2n) is 5.94. The highest BCUT2D eigenvalue weighted by molar-refractivity contribution is 5.70. The molecule has 0 heterocycles. The van der Waals surface area contributed by atoms with E-state index in [2.05, 4.69) is 32.9 Å². The largest absolute Gasteiger partial charge is 0.481 e. The molecule has 0 aliphatic carbocycles. The zero-order chi connectivity index (χ0) is 15.2. The SMILES string of the molecule is CCCC/C=C\CCCCCC[C@H](C(=O)O)C(C)CC. The first-order valence-electron chi connectivity index (χ1n) is 8.51. The summed E-state index contributed by atoms with van der Waals surface area (Å²) in [7, 11) is 0. The Balaban J connectivity index is 3.55. The van der Waals surface area contributed by atoms with Crippen LogP contribution in [0.2, 0.25) is 0 Å². The highest BCUT2D eigenvalue weighted by atomic mass is 16.4. The Morgan fingerprint density at radius 2 is 1.60 bits per heavy atom. The van der Waals surface area contributed by atoms with Crippen LogP contribution in [0.5, 0.6) is 0 Å². The number of carbonyl (C=O) groups is 1. The van der Waals surface area contributed by atoms with Gasteiger partial charge in [-0.05, 0) is 31.6 Å². The van der Waals surface area contributed by atoms with Gasteiger partial charge >= 0.3 is 5.97 Å². The van der Waals surface area contributed by atoms with Crippen molar-refractivity contribution in [3.63, 3.8) is 0 Å². The Hall–Kier alpha value is -0.790. The molecule has 118 valence electrons. The standard InChI is InChI=1S/C18H34O2/c1-4-6-7-8-9-10-11-12-13-14-15-17(18(19)20)16(3)5-2/h8-9,16-17H,4-7,10-15H2,1-3H3,(H,19,20)/b9-8-/t16?,17-/m0/s1. The van der Waals surface area contributed by atoms with Crippen molar-refractivity contribution in [2.24, 2.45) is 11.8 Å². The highest BCUT2D eigenvalue weighted by Gasteiger charge is 2.22. The van der Waals surface area contributed by atoms with Gasteiger partial charge in [-0.1, -0.05) is 71.4 Å². The fraction of sp³-hybridized carbons (Fsp3) is 0.833. The zero-order valence-corrected chi connectivity index (χ0v) is 13.7. The Bertz CT molecular complexity index is 258. The average Bonchev–Trinajstić information content (AvgIpc) is 2.43. The molecule has 20 heavy (non-hydrogen) atoms. The molecular formula is C18H34O2. The Labute approximate surface area is 125 Å². The van der Waals surface area contributed by atoms with Crippen molar-refractivity contribution in [1.29, 1.82) is 0 Å². The zero-order valence-electron chi connectivity index (χ0n) is 13.7. The lowest BCUT2D eigenvalue weighted by Crippen LogP contribution is -2.21. The molecule has 0 radical (unpaired) electrons. The van der Waals surface area contributed by atoms with Gasteiger partial charge in [0.15, 0.2) is 0 Å². The minimum Gasteiger partial charge on any atom is -0.481 e. The summed E-state index contributed by atoms with van der Waals surface area (Å²) in [6.45, 7) is 6.35. The summed E-state index contributed by atoms with van der Waals surface area (Å²) in [6, 6.07) is 0. The first-order chi connectivity index (χ1) is 9.63. The number of hydrogen-bond donors (Lipinski definition) is 1. The maximum absolute atomic E-state index is 11.2. The summed E-state index contributed by atoms with van der Waals surface area (Å²) in [5, 5.41) is 9.21. The lowest BCUT2D eigenvalue weighted by atomic mass is 9.87. The quantitative estimate of drug-likeness (QED) is 0.341. The van der Waals surface area contributed by atoms with Crippen LogP contribution in [0.3, 0.4) is 0 Å². The van der Waals surface area contributed by atoms with Gasteiger partial charge in [0, 0.05) is 0 Å². The number of aliphatic carboxylic acids is 1. The maximum atomic E-state index is 11.2. The van der Waals surface area contributed by atoms with Crippen molar-refractivity contribution < 1.29 is 9.90 Å². The van der Waals surface area contributed by atoms with Gasteiger partial charge < -0.3 is 5.11 Å². The second kappa shape index (κ2) is 13.2. The summed E-state index contributed by atoms with van der Waals surface area (Å²) in [4.78, 5) is 11.2. The highest BCUT2D eigenvalue weighted by Crippen LogP contribution is 2.22. The van der Waals surface area contributed by atoms with Crippen molar-refractivity contribution in [1.82, 2.24) is 0 Å². The van der Waals surface area contributed by atoms with Crippen LogP contribution >= 0.6 is 0 Å². The van der Waals surface area contributed by atoms with Crippen molar-refractivity contribution in [2.75, 3.05) is 0 Å². The van der Waals surface area contributed by atoms with Crippen molar-refractivity contribution in [2.45, 2.75) is 85.0 Å². The molecular weight excluding hydrogens is 248 g/mol. The molecule has 1 unspecified atom stereocenters. The van der Waals surface area contributed by atoms with E-state index >= 15 is 0 Å². The monoisotopic (exact) mass is 282 g/mol. The van der Waals surface area contributed by atoms with Gasteiger partial charge in [-0.15, -0.1) is 0 Å². The van der Waals surface area contributed by atoms with Crippen molar-refractivity contribution >= 4 is 5.97 Å². The van der Waals surface area contributed by atoms with Crippen molar-refractivity contribution in [3.8, 4) is 0 Å². The van der Waals surface area contributed by atoms with Crippen LogP contribution in [0.1, 0.15) is 85.0 Å². The predicted molar refractivity (Wildman–Crippen MR) is 86.9 cm³/mol. The fourth-order valence-electron chi connectivity index (χ4n) is 2.47. The number of hydrogen-bond acceptors (Lipinski definition) is 1. The minimum absolute atomic E-state index is 0.145. The second-order valence-corrected chi connectivity index (χ2v) is 5.94. The molecule has 0 spiro atoms. The molecule has 0 aromatic rings. The van der Waals surface area contributed by atoms with Gasteiger partial charge in [-0.25, -0.2) is 0 Å². The number of unbranched alkanes of at least 4 members (excludes halogenated alkanes) is 6. The van der Waals surface area contributed by atoms with Gasteiger partial charge in [0.25, 0.3) is 0 Å². The molecule has 2 heteroatoms. The first-order valence-corrected chi connectivity index (χ1v) is 8.51. The molecule has 0 saturated carbocycles. The molecule has 0 aliphatic rings. The minimum atomic E-state index is -0.613. The van der Waals surface area contributed by atoms with E-state index in [9.17, 15) is 9.90 Å². The number of carboxylic acid groups (broad SMARTS) is 1. The summed E-state index contributed by atoms with van der Waals surface area (Å²) in [5.74, 6) is -0.457. The number of rotatable bonds is 13. The van der Waals surface area contributed by atoms with E-state index in [0.29, 0.717) is 5.92 Å². The summed E-state index contributed by atoms with van der Waals surface area (Å²) in [5.41, 5.74) is 0. The molecule has 2 atom stereocenters. The summed E-state index contributed by atoms with van der Waals surface area (Å²) in [6.07, 6.45) is 16.0. The van der Waals surface area contributed by atoms with Crippen LogP contribution in [0.4, 0.5) is 0 Å². The van der Waals surface area contributed by atoms with E-state index < -0.39 is 5.97 Å². The molecule has 0 saturated heterocycles. The first kappa shape index (κ1) is 19.2. The fourth-order valence-corrected chi connectivity index (χ4v) is 2.47. The lowest BCUT2D eigenvalue weighted by molar-refractivity contribution is -0.143. The van der Waals surface area contributed by atoms with Crippen molar-refractivity contribution in [3.05, 3.63) is 12.2 Å². The summed E-state index contributed by atoms with van der Waals surface area (Å²) >= 11 is 0. The van der Waals surface area contributed by atoms with Crippen LogP contribution < -0.4 is 0 Å². The molecule has 1 N–H and O–H groups in total. The van der Waals surface area contributed by atoms with Crippen LogP contribution in [0.15, 0.2) is 12.2 Å². The van der Waals surface area contributed by atoms with Gasteiger partial charge in [-0.3, -0.25) is 4.79 Å². The average molecular weight is 282 g/mol. The molecule has 0 aliphatic heterocycles. The third kappa shape index (κ3) is 10.1. The predicted octanol–water partition coefficient (Wildman–Crippen LogP) is 5.82. The lowest BCUT2D eigenvalue weighted by Gasteiger charge is -2.18. The van der Waals surface area contributed by atoms with E-state index in [1.807, 2.05) is 0 Å². The third-order valence-electron chi connectivity index (χ3n) is 4.17. The van der Waals surface area contributed by atoms with E-state index in [1.165, 1.54) is 44.9 Å². The molecule has 0 aromatic heterocycles. The molecule has 0 aromatic carbocycles. The van der Waals surface area contributed by atoms with Crippen LogP contribution in [0.25, 0.3) is 0 Å². The van der Waals surface area contributed by atoms with Crippen LogP contribution in [-0.2, 0) is 4.79 Å².